The van der Waals surface area contributed by atoms with Crippen LogP contribution in [0.5, 0.6) is 0 Å². The fourth-order valence-electron chi connectivity index (χ4n) is 5.52. The van der Waals surface area contributed by atoms with Crippen LogP contribution in [0, 0.1) is 5.92 Å². The van der Waals surface area contributed by atoms with Crippen LogP contribution >= 0.6 is 0 Å². The van der Waals surface area contributed by atoms with Crippen LogP contribution in [0.15, 0.2) is 64.0 Å². The predicted molar refractivity (Wildman–Crippen MR) is 160 cm³/mol. The maximum Gasteiger partial charge on any atom is 0.330 e. The standard InChI is InChI=1S/C31H35N5O7/c1-35(2)21-11-10-20-13-25(43-24(20)14-21)29(40)32-22(7-4-5-9-27(38)42-3)28(39)33-23-8-6-12-36(30(23)41)18-26(37)34-31-15-19(16-31)17-31/h5-6,8-14,19,22H,4,7,15-18H2,1-3H3,(H,32,40)(H,33,39)(H,34,37)/b9-5+. The van der Waals surface area contributed by atoms with Gasteiger partial charge in [0.25, 0.3) is 11.5 Å². The molecule has 3 saturated carbocycles. The van der Waals surface area contributed by atoms with Crippen molar-refractivity contribution in [1.29, 1.82) is 0 Å². The molecule has 226 valence electrons. The smallest absolute Gasteiger partial charge is 0.330 e. The zero-order chi connectivity index (χ0) is 30.7. The first-order valence-corrected chi connectivity index (χ1v) is 14.1. The molecule has 0 spiro atoms. The molecule has 3 aromatic rings. The Morgan fingerprint density at radius 1 is 1.16 bits per heavy atom. The maximum atomic E-state index is 13.4. The number of methoxy groups -OCH3 is 1. The molecule has 3 aliphatic carbocycles. The highest BCUT2D eigenvalue weighted by Crippen LogP contribution is 2.56. The fraction of sp³-hybridized carbons (Fsp3) is 0.387. The number of ether oxygens (including phenoxy) is 1. The van der Waals surface area contributed by atoms with E-state index in [1.165, 1.54) is 36.1 Å². The lowest BCUT2D eigenvalue weighted by atomic mass is 9.50. The normalized spacial score (nSPS) is 19.2. The van der Waals surface area contributed by atoms with E-state index in [1.807, 2.05) is 37.2 Å². The molecule has 0 aliphatic heterocycles. The molecule has 1 atom stereocenters. The second-order valence-electron chi connectivity index (χ2n) is 11.4. The molecule has 3 amide bonds. The molecule has 3 aliphatic rings. The van der Waals surface area contributed by atoms with E-state index in [0.29, 0.717) is 11.5 Å². The highest BCUT2D eigenvalue weighted by molar-refractivity contribution is 6.01. The third kappa shape index (κ3) is 6.63. The number of anilines is 2. The summed E-state index contributed by atoms with van der Waals surface area (Å²) in [6.07, 6.45) is 7.56. The van der Waals surface area contributed by atoms with E-state index in [2.05, 4.69) is 20.7 Å². The first kappa shape index (κ1) is 29.6. The van der Waals surface area contributed by atoms with Crippen LogP contribution in [0.4, 0.5) is 11.4 Å². The summed E-state index contributed by atoms with van der Waals surface area (Å²) < 4.78 is 11.6. The van der Waals surface area contributed by atoms with Crippen molar-refractivity contribution in [2.75, 3.05) is 31.4 Å². The number of hydrogen-bond acceptors (Lipinski definition) is 8. The van der Waals surface area contributed by atoms with Crippen molar-refractivity contribution in [3.8, 4) is 0 Å². The summed E-state index contributed by atoms with van der Waals surface area (Å²) in [4.78, 5) is 65.6. The Morgan fingerprint density at radius 3 is 2.60 bits per heavy atom. The minimum absolute atomic E-state index is 0.0191. The summed E-state index contributed by atoms with van der Waals surface area (Å²) in [6.45, 7) is -0.172. The number of amides is 3. The highest BCUT2D eigenvalue weighted by Gasteiger charge is 2.57. The Kier molecular flexibility index (Phi) is 8.38. The number of esters is 1. The number of fused-ring (bicyclic) bond motifs is 1. The number of rotatable bonds is 12. The monoisotopic (exact) mass is 589 g/mol. The van der Waals surface area contributed by atoms with Crippen molar-refractivity contribution in [2.45, 2.75) is 50.2 Å². The third-order valence-corrected chi connectivity index (χ3v) is 7.98. The molecular formula is C31H35N5O7. The van der Waals surface area contributed by atoms with E-state index in [-0.39, 0.29) is 42.3 Å². The summed E-state index contributed by atoms with van der Waals surface area (Å²) in [5.41, 5.74) is 0.720. The van der Waals surface area contributed by atoms with Gasteiger partial charge in [-0.1, -0.05) is 6.08 Å². The molecule has 2 bridgehead atoms. The first-order valence-electron chi connectivity index (χ1n) is 14.1. The molecular weight excluding hydrogens is 554 g/mol. The molecule has 6 rings (SSSR count). The van der Waals surface area contributed by atoms with Gasteiger partial charge in [0.2, 0.25) is 11.8 Å². The van der Waals surface area contributed by atoms with Gasteiger partial charge in [-0.3, -0.25) is 19.2 Å². The number of hydrogen-bond donors (Lipinski definition) is 3. The largest absolute Gasteiger partial charge is 0.466 e. The van der Waals surface area contributed by atoms with Gasteiger partial charge in [0, 0.05) is 49.0 Å². The number of benzene rings is 1. The Morgan fingerprint density at radius 2 is 1.93 bits per heavy atom. The van der Waals surface area contributed by atoms with Crippen LogP contribution in [0.1, 0.15) is 42.7 Å². The Balaban J connectivity index is 1.29. The summed E-state index contributed by atoms with van der Waals surface area (Å²) in [5, 5.41) is 9.03. The third-order valence-electron chi connectivity index (χ3n) is 7.98. The fourth-order valence-corrected chi connectivity index (χ4v) is 5.52. The van der Waals surface area contributed by atoms with E-state index < -0.39 is 29.4 Å². The Hall–Kier alpha value is -4.87. The molecule has 1 unspecified atom stereocenters. The van der Waals surface area contributed by atoms with E-state index in [0.717, 1.165) is 30.3 Å². The van der Waals surface area contributed by atoms with Gasteiger partial charge in [-0.2, -0.15) is 0 Å². The number of carbonyl (C=O) groups is 4. The van der Waals surface area contributed by atoms with Crippen molar-refractivity contribution < 1.29 is 28.3 Å². The lowest BCUT2D eigenvalue weighted by molar-refractivity contribution is -0.135. The zero-order valence-corrected chi connectivity index (χ0v) is 24.3. The molecule has 2 aromatic heterocycles. The van der Waals surface area contributed by atoms with Crippen LogP contribution in [-0.4, -0.2) is 61.0 Å². The molecule has 3 N–H and O–H groups in total. The van der Waals surface area contributed by atoms with Gasteiger partial charge in [-0.05, 0) is 68.4 Å². The number of carbonyl (C=O) groups excluding carboxylic acids is 4. The van der Waals surface area contributed by atoms with Crippen molar-refractivity contribution in [3.05, 3.63) is 70.9 Å². The zero-order valence-electron chi connectivity index (χ0n) is 24.3. The van der Waals surface area contributed by atoms with Gasteiger partial charge in [-0.25, -0.2) is 4.79 Å². The van der Waals surface area contributed by atoms with Crippen molar-refractivity contribution in [1.82, 2.24) is 15.2 Å². The van der Waals surface area contributed by atoms with E-state index in [1.54, 1.807) is 12.1 Å². The van der Waals surface area contributed by atoms with Crippen LogP contribution in [0.3, 0.4) is 0 Å². The number of nitrogens with zero attached hydrogens (tertiary/aromatic N) is 2. The lowest BCUT2D eigenvalue weighted by Gasteiger charge is -2.61. The quantitative estimate of drug-likeness (QED) is 0.215. The Labute approximate surface area is 248 Å². The highest BCUT2D eigenvalue weighted by atomic mass is 16.5. The Bertz CT molecular complexity index is 1640. The molecule has 1 aromatic carbocycles. The minimum atomic E-state index is -1.08. The van der Waals surface area contributed by atoms with Gasteiger partial charge in [-0.15, -0.1) is 0 Å². The molecule has 0 radical (unpaired) electrons. The SMILES string of the molecule is COC(=O)/C=C/CCC(NC(=O)c1cc2ccc(N(C)C)cc2o1)C(=O)Nc1cccn(CC(=O)NC23CC(C2)C3)c1=O. The molecule has 0 saturated heterocycles. The average Bonchev–Trinajstić information content (AvgIpc) is 3.37. The predicted octanol–water partition coefficient (Wildman–Crippen LogP) is 2.58. The molecule has 43 heavy (non-hydrogen) atoms. The van der Waals surface area contributed by atoms with Gasteiger partial charge in [0.05, 0.1) is 7.11 Å². The van der Waals surface area contributed by atoms with Crippen LogP contribution in [-0.2, 0) is 25.7 Å². The second kappa shape index (κ2) is 12.2. The van der Waals surface area contributed by atoms with E-state index >= 15 is 0 Å². The van der Waals surface area contributed by atoms with Gasteiger partial charge in [0.1, 0.15) is 23.9 Å². The minimum Gasteiger partial charge on any atom is -0.466 e. The molecule has 3 fully saturated rings. The number of aromatic nitrogens is 1. The summed E-state index contributed by atoms with van der Waals surface area (Å²) >= 11 is 0. The molecule has 2 heterocycles. The summed E-state index contributed by atoms with van der Waals surface area (Å²) in [6, 6.07) is 9.05. The first-order chi connectivity index (χ1) is 20.6. The van der Waals surface area contributed by atoms with Crippen LogP contribution in [0.2, 0.25) is 0 Å². The van der Waals surface area contributed by atoms with Crippen molar-refractivity contribution in [3.63, 3.8) is 0 Å². The van der Waals surface area contributed by atoms with Crippen LogP contribution in [0.25, 0.3) is 11.0 Å². The second-order valence-corrected chi connectivity index (χ2v) is 11.4. The topological polar surface area (TPSA) is 152 Å². The molecule has 12 nitrogen and oxygen atoms in total. The summed E-state index contributed by atoms with van der Waals surface area (Å²) in [7, 11) is 5.04. The average molecular weight is 590 g/mol. The van der Waals surface area contributed by atoms with Crippen molar-refractivity contribution >= 4 is 46.0 Å². The van der Waals surface area contributed by atoms with Gasteiger partial charge in [0.15, 0.2) is 5.76 Å². The maximum absolute atomic E-state index is 13.4. The van der Waals surface area contributed by atoms with Gasteiger partial charge < -0.3 is 34.6 Å². The lowest BCUT2D eigenvalue weighted by Crippen LogP contribution is -2.68. The number of nitrogens with one attached hydrogen (secondary N) is 3. The number of furan rings is 1. The molecule has 12 heteroatoms. The number of pyridine rings is 1. The summed E-state index contributed by atoms with van der Waals surface area (Å²) in [5.74, 6) is -1.34. The van der Waals surface area contributed by atoms with Crippen LogP contribution < -0.4 is 26.4 Å². The van der Waals surface area contributed by atoms with E-state index in [9.17, 15) is 24.0 Å². The van der Waals surface area contributed by atoms with E-state index in [4.69, 9.17) is 4.42 Å². The van der Waals surface area contributed by atoms with Gasteiger partial charge >= 0.3 is 5.97 Å². The number of allylic oxidation sites excluding steroid dienone is 1. The van der Waals surface area contributed by atoms with Crippen molar-refractivity contribution in [2.24, 2.45) is 5.92 Å².